The lowest BCUT2D eigenvalue weighted by molar-refractivity contribution is 0.102. The number of nitrogens with one attached hydrogen (secondary N) is 2. The highest BCUT2D eigenvalue weighted by molar-refractivity contribution is 6.03. The zero-order chi connectivity index (χ0) is 26.0. The maximum atomic E-state index is 12.7. The average molecular weight is 500 g/mol. The molecule has 0 aliphatic heterocycles. The van der Waals surface area contributed by atoms with E-state index >= 15 is 0 Å². The predicted octanol–water partition coefficient (Wildman–Crippen LogP) is 6.31. The van der Waals surface area contributed by atoms with Crippen LogP contribution in [-0.4, -0.2) is 36.7 Å². The number of nitrogens with zero attached hydrogens (tertiary/aromatic N) is 1. The molecular formula is C30H33N3O4. The fourth-order valence-corrected chi connectivity index (χ4v) is 4.01. The lowest BCUT2D eigenvalue weighted by Crippen LogP contribution is -2.12. The van der Waals surface area contributed by atoms with E-state index in [1.807, 2.05) is 72.8 Å². The summed E-state index contributed by atoms with van der Waals surface area (Å²) in [6.07, 6.45) is 3.85. The molecule has 0 aliphatic rings. The van der Waals surface area contributed by atoms with Crippen molar-refractivity contribution in [2.75, 3.05) is 26.1 Å². The number of methoxy groups -OCH3 is 2. The van der Waals surface area contributed by atoms with Gasteiger partial charge in [-0.05, 0) is 60.9 Å². The molecule has 2 aromatic carbocycles. The van der Waals surface area contributed by atoms with Gasteiger partial charge in [-0.2, -0.15) is 0 Å². The molecule has 2 aromatic heterocycles. The van der Waals surface area contributed by atoms with Gasteiger partial charge in [-0.25, -0.2) is 4.98 Å². The number of pyridine rings is 1. The molecule has 37 heavy (non-hydrogen) atoms. The summed E-state index contributed by atoms with van der Waals surface area (Å²) in [6.45, 7) is 2.62. The van der Waals surface area contributed by atoms with E-state index in [1.54, 1.807) is 14.2 Å². The summed E-state index contributed by atoms with van der Waals surface area (Å²) >= 11 is 0. The number of hydrogen-bond acceptors (Lipinski definition) is 5. The van der Waals surface area contributed by atoms with Crippen LogP contribution in [0.3, 0.4) is 0 Å². The number of anilines is 1. The highest BCUT2D eigenvalue weighted by Crippen LogP contribution is 2.28. The first-order valence-corrected chi connectivity index (χ1v) is 12.5. The molecule has 4 aromatic rings. The first kappa shape index (κ1) is 25.8. The smallest absolute Gasteiger partial charge is 0.272 e. The minimum atomic E-state index is -0.167. The van der Waals surface area contributed by atoms with Crippen LogP contribution in [-0.2, 0) is 12.8 Å². The van der Waals surface area contributed by atoms with Gasteiger partial charge in [0.1, 0.15) is 5.69 Å². The summed E-state index contributed by atoms with van der Waals surface area (Å²) in [6, 6.07) is 22.9. The Labute approximate surface area is 217 Å². The summed E-state index contributed by atoms with van der Waals surface area (Å²) in [5.41, 5.74) is 5.07. The molecule has 2 heterocycles. The van der Waals surface area contributed by atoms with Gasteiger partial charge in [0.15, 0.2) is 11.5 Å². The Morgan fingerprint density at radius 2 is 1.76 bits per heavy atom. The lowest BCUT2D eigenvalue weighted by atomic mass is 10.1. The molecular weight excluding hydrogens is 466 g/mol. The molecule has 4 rings (SSSR count). The minimum absolute atomic E-state index is 0.167. The number of benzene rings is 2. The molecule has 0 atom stereocenters. The number of aryl methyl sites for hydroxylation is 1. The van der Waals surface area contributed by atoms with Gasteiger partial charge in [0, 0.05) is 29.4 Å². The summed E-state index contributed by atoms with van der Waals surface area (Å²) < 4.78 is 16.6. The van der Waals surface area contributed by atoms with Crippen LogP contribution in [0.25, 0.3) is 11.3 Å². The van der Waals surface area contributed by atoms with E-state index in [0.717, 1.165) is 41.8 Å². The van der Waals surface area contributed by atoms with Gasteiger partial charge in [0.25, 0.3) is 5.91 Å². The quantitative estimate of drug-likeness (QED) is 0.239. The number of hydrogen-bond donors (Lipinski definition) is 2. The van der Waals surface area contributed by atoms with Gasteiger partial charge in [-0.15, -0.1) is 0 Å². The van der Waals surface area contributed by atoms with Crippen molar-refractivity contribution in [2.45, 2.75) is 32.6 Å². The van der Waals surface area contributed by atoms with Crippen LogP contribution in [0, 0.1) is 0 Å². The zero-order valence-corrected chi connectivity index (χ0v) is 21.5. The molecule has 0 aliphatic carbocycles. The first-order chi connectivity index (χ1) is 18.1. The number of unbranched alkanes of at least 4 members (excludes halogenated alkanes) is 1. The van der Waals surface area contributed by atoms with Crippen LogP contribution < -0.4 is 19.5 Å². The van der Waals surface area contributed by atoms with E-state index < -0.39 is 0 Å². The van der Waals surface area contributed by atoms with Crippen LogP contribution in [0.4, 0.5) is 5.69 Å². The largest absolute Gasteiger partial charge is 0.493 e. The molecule has 0 radical (unpaired) electrons. The number of amides is 1. The molecule has 7 nitrogen and oxygen atoms in total. The molecule has 1 amide bonds. The third-order valence-corrected chi connectivity index (χ3v) is 6.02. The molecule has 0 bridgehead atoms. The van der Waals surface area contributed by atoms with E-state index in [-0.39, 0.29) is 5.91 Å². The van der Waals surface area contributed by atoms with Crippen LogP contribution >= 0.6 is 0 Å². The third-order valence-electron chi connectivity index (χ3n) is 6.02. The molecule has 0 unspecified atom stereocenters. The van der Waals surface area contributed by atoms with Gasteiger partial charge < -0.3 is 24.5 Å². The van der Waals surface area contributed by atoms with E-state index in [9.17, 15) is 4.79 Å². The van der Waals surface area contributed by atoms with Gasteiger partial charge >= 0.3 is 0 Å². The SMILES string of the molecule is CCCCc1ccc(C(=O)Nc2cccc(-c3cccc(OCCc4ccc(OC)c(OC)c4)n3)c2)[nH]1. The Balaban J connectivity index is 1.38. The zero-order valence-electron chi connectivity index (χ0n) is 21.5. The predicted molar refractivity (Wildman–Crippen MR) is 146 cm³/mol. The normalized spacial score (nSPS) is 10.7. The Hall–Kier alpha value is -4.26. The fraction of sp³-hybridized carbons (Fsp3) is 0.267. The second kappa shape index (κ2) is 12.6. The third kappa shape index (κ3) is 6.91. The van der Waals surface area contributed by atoms with E-state index in [1.165, 1.54) is 0 Å². The van der Waals surface area contributed by atoms with Crippen molar-refractivity contribution < 1.29 is 19.0 Å². The molecule has 2 N–H and O–H groups in total. The van der Waals surface area contributed by atoms with E-state index in [2.05, 4.69) is 22.2 Å². The van der Waals surface area contributed by atoms with E-state index in [4.69, 9.17) is 14.2 Å². The Bertz CT molecular complexity index is 1330. The van der Waals surface area contributed by atoms with Crippen molar-refractivity contribution in [3.63, 3.8) is 0 Å². The Morgan fingerprint density at radius 1 is 0.919 bits per heavy atom. The van der Waals surface area contributed by atoms with Crippen molar-refractivity contribution >= 4 is 11.6 Å². The Kier molecular flexibility index (Phi) is 8.81. The first-order valence-electron chi connectivity index (χ1n) is 12.5. The molecule has 0 spiro atoms. The number of aromatic nitrogens is 2. The molecule has 7 heteroatoms. The number of aromatic amines is 1. The highest BCUT2D eigenvalue weighted by atomic mass is 16.5. The van der Waals surface area contributed by atoms with Crippen LogP contribution in [0.2, 0.25) is 0 Å². The van der Waals surface area contributed by atoms with Gasteiger partial charge in [-0.3, -0.25) is 4.79 Å². The summed E-state index contributed by atoms with van der Waals surface area (Å²) in [4.78, 5) is 20.6. The number of carbonyl (C=O) groups excluding carboxylic acids is 1. The molecule has 0 saturated heterocycles. The standard InChI is InChI=1S/C30H33N3O4/c1-4-5-9-23-14-15-26(31-23)30(34)32-24-10-6-8-22(20-24)25-11-7-12-29(33-25)37-18-17-21-13-16-27(35-2)28(19-21)36-3/h6-8,10-16,19-20,31H,4-5,9,17-18H2,1-3H3,(H,32,34). The second-order valence-corrected chi connectivity index (χ2v) is 8.68. The van der Waals surface area contributed by atoms with Gasteiger partial charge in [0.2, 0.25) is 5.88 Å². The number of ether oxygens (including phenoxy) is 3. The highest BCUT2D eigenvalue weighted by Gasteiger charge is 2.10. The summed E-state index contributed by atoms with van der Waals surface area (Å²) in [5.74, 6) is 1.77. The van der Waals surface area contributed by atoms with Crippen LogP contribution in [0.5, 0.6) is 17.4 Å². The average Bonchev–Trinajstić information content (AvgIpc) is 3.41. The van der Waals surface area contributed by atoms with Crippen LogP contribution in [0.15, 0.2) is 72.8 Å². The lowest BCUT2D eigenvalue weighted by Gasteiger charge is -2.11. The topological polar surface area (TPSA) is 85.5 Å². The van der Waals surface area contributed by atoms with Crippen molar-refractivity contribution in [2.24, 2.45) is 0 Å². The number of carbonyl (C=O) groups is 1. The number of H-pyrrole nitrogens is 1. The van der Waals surface area contributed by atoms with Crippen molar-refractivity contribution in [1.82, 2.24) is 9.97 Å². The second-order valence-electron chi connectivity index (χ2n) is 8.68. The summed E-state index contributed by atoms with van der Waals surface area (Å²) in [7, 11) is 3.24. The maximum absolute atomic E-state index is 12.7. The molecule has 192 valence electrons. The fourth-order valence-electron chi connectivity index (χ4n) is 4.01. The Morgan fingerprint density at radius 3 is 2.57 bits per heavy atom. The van der Waals surface area contributed by atoms with Gasteiger partial charge in [0.05, 0.1) is 26.5 Å². The summed E-state index contributed by atoms with van der Waals surface area (Å²) in [5, 5.41) is 2.97. The number of rotatable bonds is 12. The molecule has 0 saturated carbocycles. The van der Waals surface area contributed by atoms with Crippen molar-refractivity contribution in [3.05, 3.63) is 89.7 Å². The molecule has 0 fully saturated rings. The van der Waals surface area contributed by atoms with Crippen LogP contribution in [0.1, 0.15) is 41.5 Å². The minimum Gasteiger partial charge on any atom is -0.493 e. The maximum Gasteiger partial charge on any atom is 0.272 e. The van der Waals surface area contributed by atoms with Crippen molar-refractivity contribution in [3.8, 4) is 28.6 Å². The van der Waals surface area contributed by atoms with Gasteiger partial charge in [-0.1, -0.05) is 37.6 Å². The van der Waals surface area contributed by atoms with Crippen molar-refractivity contribution in [1.29, 1.82) is 0 Å². The van der Waals surface area contributed by atoms with E-state index in [0.29, 0.717) is 41.8 Å². The monoisotopic (exact) mass is 499 g/mol.